The first-order valence-corrected chi connectivity index (χ1v) is 12.7. The molecule has 38 heavy (non-hydrogen) atoms. The highest BCUT2D eigenvalue weighted by Crippen LogP contribution is 2.36. The molecule has 0 saturated heterocycles. The first-order valence-electron chi connectivity index (χ1n) is 12.0. The van der Waals surface area contributed by atoms with Crippen LogP contribution in [0.25, 0.3) is 0 Å². The Morgan fingerprint density at radius 3 is 2.26 bits per heavy atom. The Morgan fingerprint density at radius 1 is 1.03 bits per heavy atom. The van der Waals surface area contributed by atoms with Gasteiger partial charge in [-0.3, -0.25) is 4.79 Å². The highest BCUT2D eigenvalue weighted by Gasteiger charge is 2.17. The number of rotatable bonds is 9. The van der Waals surface area contributed by atoms with Crippen LogP contribution in [-0.4, -0.2) is 30.8 Å². The van der Waals surface area contributed by atoms with Gasteiger partial charge in [-0.15, -0.1) is 0 Å². The Balaban J connectivity index is 1.70. The van der Waals surface area contributed by atoms with Crippen molar-refractivity contribution in [3.63, 3.8) is 0 Å². The van der Waals surface area contributed by atoms with Crippen LogP contribution in [0.1, 0.15) is 43.0 Å². The van der Waals surface area contributed by atoms with Crippen LogP contribution in [-0.2, 0) is 23.2 Å². The van der Waals surface area contributed by atoms with Gasteiger partial charge in [0.15, 0.2) is 5.75 Å². The summed E-state index contributed by atoms with van der Waals surface area (Å²) in [5, 5.41) is 9.54. The van der Waals surface area contributed by atoms with Gasteiger partial charge in [-0.1, -0.05) is 67.9 Å². The molecule has 3 rings (SSSR count). The van der Waals surface area contributed by atoms with E-state index in [1.165, 1.54) is 5.56 Å². The lowest BCUT2D eigenvalue weighted by Gasteiger charge is -2.18. The van der Waals surface area contributed by atoms with Gasteiger partial charge < -0.3 is 25.1 Å². The van der Waals surface area contributed by atoms with E-state index in [4.69, 9.17) is 48.3 Å². The van der Waals surface area contributed by atoms with Gasteiger partial charge in [0.2, 0.25) is 0 Å². The predicted octanol–water partition coefficient (Wildman–Crippen LogP) is 6.26. The van der Waals surface area contributed by atoms with Gasteiger partial charge in [-0.05, 0) is 65.4 Å². The molecule has 8 heteroatoms. The van der Waals surface area contributed by atoms with Crippen LogP contribution in [0.15, 0.2) is 54.6 Å². The average Bonchev–Trinajstić information content (AvgIpc) is 2.86. The summed E-state index contributed by atoms with van der Waals surface area (Å²) in [4.78, 5) is 11.0. The standard InChI is InChI=1S/C30H31Cl2NO5/c1-30(2,3)22-9-7-19(8-10-22)6-5-13-37-27-12-11-23(36-4)17-21(27)18-38-28-24(31)14-20(15-25(28)32)16-26(33)29(34)35/h7-12,14-15,17,26H,13,16,18,33H2,1-4H3,(H,34,35)/t26-/m0/s1. The first kappa shape index (κ1) is 29.2. The molecule has 0 aliphatic rings. The van der Waals surface area contributed by atoms with Crippen molar-refractivity contribution in [2.24, 2.45) is 5.73 Å². The van der Waals surface area contributed by atoms with Crippen LogP contribution in [0, 0.1) is 11.8 Å². The second kappa shape index (κ2) is 12.9. The zero-order valence-electron chi connectivity index (χ0n) is 21.8. The molecule has 3 aromatic rings. The largest absolute Gasteiger partial charge is 0.497 e. The van der Waals surface area contributed by atoms with E-state index >= 15 is 0 Å². The van der Waals surface area contributed by atoms with Crippen molar-refractivity contribution in [2.75, 3.05) is 13.7 Å². The molecule has 0 radical (unpaired) electrons. The Bertz CT molecular complexity index is 1310. The number of ether oxygens (including phenoxy) is 3. The van der Waals surface area contributed by atoms with Gasteiger partial charge in [-0.2, -0.15) is 0 Å². The van der Waals surface area contributed by atoms with E-state index in [1.807, 2.05) is 12.1 Å². The summed E-state index contributed by atoms with van der Waals surface area (Å²) in [5.41, 5.74) is 9.18. The fraction of sp³-hybridized carbons (Fsp3) is 0.300. The topological polar surface area (TPSA) is 91.0 Å². The summed E-state index contributed by atoms with van der Waals surface area (Å²) in [6.07, 6.45) is 0.0880. The highest BCUT2D eigenvalue weighted by atomic mass is 35.5. The monoisotopic (exact) mass is 555 g/mol. The molecule has 0 bridgehead atoms. The number of benzene rings is 3. The number of hydrogen-bond donors (Lipinski definition) is 2. The molecule has 1 atom stereocenters. The minimum atomic E-state index is -1.11. The first-order chi connectivity index (χ1) is 18.0. The third kappa shape index (κ3) is 8.06. The summed E-state index contributed by atoms with van der Waals surface area (Å²) >= 11 is 12.8. The van der Waals surface area contributed by atoms with Gasteiger partial charge in [0, 0.05) is 11.1 Å². The lowest BCUT2D eigenvalue weighted by molar-refractivity contribution is -0.138. The Labute approximate surface area is 233 Å². The second-order valence-corrected chi connectivity index (χ2v) is 10.5. The number of aliphatic carboxylic acids is 1. The summed E-state index contributed by atoms with van der Waals surface area (Å²) < 4.78 is 17.2. The lowest BCUT2D eigenvalue weighted by Crippen LogP contribution is -2.32. The maximum Gasteiger partial charge on any atom is 0.320 e. The van der Waals surface area contributed by atoms with Crippen molar-refractivity contribution in [1.29, 1.82) is 0 Å². The Kier molecular flexibility index (Phi) is 9.93. The van der Waals surface area contributed by atoms with Crippen molar-refractivity contribution in [3.05, 3.63) is 86.9 Å². The summed E-state index contributed by atoms with van der Waals surface area (Å²) in [7, 11) is 1.57. The number of carboxylic acids is 1. The minimum Gasteiger partial charge on any atom is -0.497 e. The van der Waals surface area contributed by atoms with Crippen LogP contribution >= 0.6 is 23.2 Å². The predicted molar refractivity (Wildman–Crippen MR) is 151 cm³/mol. The third-order valence-electron chi connectivity index (χ3n) is 5.75. The molecular weight excluding hydrogens is 525 g/mol. The molecule has 0 heterocycles. The molecule has 0 aromatic heterocycles. The molecule has 0 saturated carbocycles. The molecule has 0 unspecified atom stereocenters. The highest BCUT2D eigenvalue weighted by molar-refractivity contribution is 6.37. The number of methoxy groups -OCH3 is 1. The summed E-state index contributed by atoms with van der Waals surface area (Å²) in [5.74, 6) is 6.55. The molecule has 0 fully saturated rings. The molecule has 3 aromatic carbocycles. The van der Waals surface area contributed by atoms with E-state index in [1.54, 1.807) is 37.4 Å². The SMILES string of the molecule is COc1ccc(OCC#Cc2ccc(C(C)(C)C)cc2)c(COc2c(Cl)cc(C[C@H](N)C(=O)O)cc2Cl)c1. The van der Waals surface area contributed by atoms with E-state index in [9.17, 15) is 4.79 Å². The van der Waals surface area contributed by atoms with Gasteiger partial charge in [0.25, 0.3) is 0 Å². The molecule has 0 amide bonds. The number of carboxylic acid groups (broad SMARTS) is 1. The molecule has 0 spiro atoms. The number of nitrogens with two attached hydrogens (primary N) is 1. The minimum absolute atomic E-state index is 0.0880. The summed E-state index contributed by atoms with van der Waals surface area (Å²) in [6, 6.07) is 15.7. The molecule has 0 aliphatic heterocycles. The van der Waals surface area contributed by atoms with Crippen LogP contribution < -0.4 is 19.9 Å². The number of halogens is 2. The van der Waals surface area contributed by atoms with E-state index in [0.717, 1.165) is 5.56 Å². The van der Waals surface area contributed by atoms with Crippen LogP contribution in [0.4, 0.5) is 0 Å². The van der Waals surface area contributed by atoms with E-state index < -0.39 is 12.0 Å². The quantitative estimate of drug-likeness (QED) is 0.302. The van der Waals surface area contributed by atoms with E-state index in [0.29, 0.717) is 22.6 Å². The summed E-state index contributed by atoms with van der Waals surface area (Å²) in [6.45, 7) is 6.80. The molecule has 3 N–H and O–H groups in total. The van der Waals surface area contributed by atoms with Gasteiger partial charge in [0.05, 0.1) is 17.2 Å². The normalized spacial score (nSPS) is 11.8. The van der Waals surface area contributed by atoms with Crippen molar-refractivity contribution < 1.29 is 24.1 Å². The molecular formula is C30H31Cl2NO5. The Morgan fingerprint density at radius 2 is 1.68 bits per heavy atom. The third-order valence-corrected chi connectivity index (χ3v) is 6.32. The van der Waals surface area contributed by atoms with Crippen molar-refractivity contribution in [3.8, 4) is 29.1 Å². The van der Waals surface area contributed by atoms with Crippen LogP contribution in [0.5, 0.6) is 17.2 Å². The lowest BCUT2D eigenvalue weighted by atomic mass is 9.87. The maximum absolute atomic E-state index is 11.0. The van der Waals surface area contributed by atoms with Crippen molar-refractivity contribution in [2.45, 2.75) is 45.3 Å². The van der Waals surface area contributed by atoms with Crippen LogP contribution in [0.2, 0.25) is 10.0 Å². The fourth-order valence-electron chi connectivity index (χ4n) is 3.60. The Hall–Kier alpha value is -3.37. The van der Waals surface area contributed by atoms with Crippen molar-refractivity contribution >= 4 is 29.2 Å². The smallest absolute Gasteiger partial charge is 0.320 e. The van der Waals surface area contributed by atoms with Crippen molar-refractivity contribution in [1.82, 2.24) is 0 Å². The van der Waals surface area contributed by atoms with Gasteiger partial charge >= 0.3 is 5.97 Å². The maximum atomic E-state index is 11.0. The molecule has 6 nitrogen and oxygen atoms in total. The van der Waals surface area contributed by atoms with E-state index in [2.05, 4.69) is 44.7 Å². The zero-order chi connectivity index (χ0) is 27.9. The zero-order valence-corrected chi connectivity index (χ0v) is 23.3. The van der Waals surface area contributed by atoms with Gasteiger partial charge in [-0.25, -0.2) is 0 Å². The van der Waals surface area contributed by atoms with E-state index in [-0.39, 0.29) is 40.8 Å². The fourth-order valence-corrected chi connectivity index (χ4v) is 4.24. The average molecular weight is 556 g/mol. The molecule has 200 valence electrons. The van der Waals surface area contributed by atoms with Gasteiger partial charge in [0.1, 0.15) is 30.8 Å². The number of carbonyl (C=O) groups is 1. The van der Waals surface area contributed by atoms with Crippen LogP contribution in [0.3, 0.4) is 0 Å². The number of hydrogen-bond acceptors (Lipinski definition) is 5. The molecule has 0 aliphatic carbocycles. The second-order valence-electron chi connectivity index (χ2n) is 9.72.